The molecule has 0 N–H and O–H groups in total. The van der Waals surface area contributed by atoms with Crippen LogP contribution in [0.1, 0.15) is 10.7 Å². The summed E-state index contributed by atoms with van der Waals surface area (Å²) in [7, 11) is 0. The number of piperazine rings is 1. The zero-order chi connectivity index (χ0) is 15.5. The van der Waals surface area contributed by atoms with Crippen molar-refractivity contribution >= 4 is 17.0 Å². The predicted octanol–water partition coefficient (Wildman–Crippen LogP) is 3.09. The van der Waals surface area contributed by atoms with Crippen molar-refractivity contribution in [1.29, 1.82) is 0 Å². The third kappa shape index (κ3) is 3.62. The first-order valence-corrected chi connectivity index (χ1v) is 8.33. The van der Waals surface area contributed by atoms with Gasteiger partial charge in [-0.05, 0) is 19.1 Å². The van der Waals surface area contributed by atoms with Crippen molar-refractivity contribution in [2.45, 2.75) is 13.3 Å². The fourth-order valence-corrected chi connectivity index (χ4v) is 3.38. The van der Waals surface area contributed by atoms with Gasteiger partial charge in [-0.1, -0.05) is 0 Å². The van der Waals surface area contributed by atoms with E-state index < -0.39 is 5.82 Å². The molecule has 1 aliphatic heterocycles. The molecule has 22 heavy (non-hydrogen) atoms. The molecule has 0 unspecified atom stereocenters. The number of thiazole rings is 1. The van der Waals surface area contributed by atoms with Crippen molar-refractivity contribution in [2.75, 3.05) is 37.6 Å². The van der Waals surface area contributed by atoms with Crippen LogP contribution in [0.5, 0.6) is 0 Å². The minimum Gasteiger partial charge on any atom is -0.367 e. The van der Waals surface area contributed by atoms with Crippen molar-refractivity contribution in [3.63, 3.8) is 0 Å². The van der Waals surface area contributed by atoms with Gasteiger partial charge >= 0.3 is 0 Å². The Hall–Kier alpha value is -1.53. The normalized spacial score (nSPS) is 16.2. The lowest BCUT2D eigenvalue weighted by atomic mass is 10.2. The molecule has 0 amide bonds. The topological polar surface area (TPSA) is 19.4 Å². The van der Waals surface area contributed by atoms with Gasteiger partial charge in [0.2, 0.25) is 0 Å². The number of aromatic nitrogens is 1. The number of hydrogen-bond donors (Lipinski definition) is 0. The summed E-state index contributed by atoms with van der Waals surface area (Å²) in [6, 6.07) is 3.63. The van der Waals surface area contributed by atoms with Crippen LogP contribution >= 0.6 is 11.3 Å². The van der Waals surface area contributed by atoms with Crippen LogP contribution in [0, 0.1) is 18.6 Å². The van der Waals surface area contributed by atoms with E-state index in [1.807, 2.05) is 11.8 Å². The fraction of sp³-hybridized carbons (Fsp3) is 0.438. The van der Waals surface area contributed by atoms with Gasteiger partial charge in [-0.15, -0.1) is 11.3 Å². The zero-order valence-corrected chi connectivity index (χ0v) is 13.4. The molecule has 0 aliphatic carbocycles. The van der Waals surface area contributed by atoms with E-state index >= 15 is 0 Å². The van der Waals surface area contributed by atoms with E-state index in [9.17, 15) is 8.78 Å². The molecule has 0 atom stereocenters. The average Bonchev–Trinajstić information content (AvgIpc) is 2.94. The maximum Gasteiger partial charge on any atom is 0.146 e. The molecule has 0 spiro atoms. The van der Waals surface area contributed by atoms with Gasteiger partial charge < -0.3 is 4.90 Å². The third-order valence-electron chi connectivity index (χ3n) is 3.97. The summed E-state index contributed by atoms with van der Waals surface area (Å²) in [5, 5.41) is 3.20. The Morgan fingerprint density at radius 2 is 1.95 bits per heavy atom. The lowest BCUT2D eigenvalue weighted by Crippen LogP contribution is -2.47. The standard InChI is InChI=1S/C16H19F2N3S/c1-12-19-14(11-22-12)4-5-20-6-8-21(9-7-20)16-10-13(17)2-3-15(16)18/h2-3,10-11H,4-9H2,1H3. The molecule has 1 aromatic carbocycles. The van der Waals surface area contributed by atoms with E-state index in [1.54, 1.807) is 11.3 Å². The highest BCUT2D eigenvalue weighted by Gasteiger charge is 2.19. The van der Waals surface area contributed by atoms with E-state index in [2.05, 4.69) is 15.3 Å². The van der Waals surface area contributed by atoms with E-state index in [4.69, 9.17) is 0 Å². The second-order valence-corrected chi connectivity index (χ2v) is 6.59. The highest BCUT2D eigenvalue weighted by atomic mass is 32.1. The molecule has 118 valence electrons. The molecule has 0 bridgehead atoms. The maximum absolute atomic E-state index is 13.8. The number of rotatable bonds is 4. The van der Waals surface area contributed by atoms with E-state index in [1.165, 1.54) is 12.1 Å². The largest absolute Gasteiger partial charge is 0.367 e. The first-order valence-electron chi connectivity index (χ1n) is 7.45. The van der Waals surface area contributed by atoms with Crippen molar-refractivity contribution in [3.8, 4) is 0 Å². The average molecular weight is 323 g/mol. The summed E-state index contributed by atoms with van der Waals surface area (Å²) in [5.74, 6) is -0.745. The van der Waals surface area contributed by atoms with Gasteiger partial charge in [0.15, 0.2) is 0 Å². The Morgan fingerprint density at radius 1 is 1.18 bits per heavy atom. The molecule has 2 aromatic rings. The van der Waals surface area contributed by atoms with Crippen molar-refractivity contribution in [3.05, 3.63) is 45.9 Å². The van der Waals surface area contributed by atoms with Crippen molar-refractivity contribution in [2.24, 2.45) is 0 Å². The fourth-order valence-electron chi connectivity index (χ4n) is 2.74. The molecule has 1 fully saturated rings. The summed E-state index contributed by atoms with van der Waals surface area (Å²) >= 11 is 1.68. The third-order valence-corrected chi connectivity index (χ3v) is 4.79. The summed E-state index contributed by atoms with van der Waals surface area (Å²) < 4.78 is 27.1. The Balaban J connectivity index is 1.53. The van der Waals surface area contributed by atoms with Crippen LogP contribution in [0.3, 0.4) is 0 Å². The molecule has 1 saturated heterocycles. The molecule has 0 saturated carbocycles. The second-order valence-electron chi connectivity index (χ2n) is 5.53. The molecular weight excluding hydrogens is 304 g/mol. The van der Waals surface area contributed by atoms with Crippen LogP contribution in [-0.4, -0.2) is 42.6 Å². The van der Waals surface area contributed by atoms with Crippen LogP contribution in [0.25, 0.3) is 0 Å². The highest BCUT2D eigenvalue weighted by Crippen LogP contribution is 2.22. The Kier molecular flexibility index (Phi) is 4.69. The molecular formula is C16H19F2N3S. The van der Waals surface area contributed by atoms with Crippen molar-refractivity contribution in [1.82, 2.24) is 9.88 Å². The van der Waals surface area contributed by atoms with Crippen LogP contribution < -0.4 is 4.90 Å². The number of nitrogens with zero attached hydrogens (tertiary/aromatic N) is 3. The summed E-state index contributed by atoms with van der Waals surface area (Å²) in [5.41, 5.74) is 1.51. The number of halogens is 2. The minimum absolute atomic E-state index is 0.354. The summed E-state index contributed by atoms with van der Waals surface area (Å²) in [6.07, 6.45) is 0.943. The molecule has 3 rings (SSSR count). The number of benzene rings is 1. The lowest BCUT2D eigenvalue weighted by Gasteiger charge is -2.36. The summed E-state index contributed by atoms with van der Waals surface area (Å²) in [6.45, 7) is 6.13. The van der Waals surface area contributed by atoms with Gasteiger partial charge in [-0.2, -0.15) is 0 Å². The molecule has 0 radical (unpaired) electrons. The quantitative estimate of drug-likeness (QED) is 0.862. The predicted molar refractivity (Wildman–Crippen MR) is 85.6 cm³/mol. The Labute approximate surface area is 133 Å². The molecule has 1 aromatic heterocycles. The first kappa shape index (κ1) is 15.4. The second kappa shape index (κ2) is 6.71. The number of anilines is 1. The van der Waals surface area contributed by atoms with Crippen LogP contribution in [0.2, 0.25) is 0 Å². The molecule has 2 heterocycles. The van der Waals surface area contributed by atoms with Crippen molar-refractivity contribution < 1.29 is 8.78 Å². The highest BCUT2D eigenvalue weighted by molar-refractivity contribution is 7.09. The zero-order valence-electron chi connectivity index (χ0n) is 12.6. The van der Waals surface area contributed by atoms with Crippen LogP contribution in [0.15, 0.2) is 23.6 Å². The molecule has 3 nitrogen and oxygen atoms in total. The monoisotopic (exact) mass is 323 g/mol. The van der Waals surface area contributed by atoms with E-state index in [0.717, 1.165) is 55.9 Å². The Morgan fingerprint density at radius 3 is 2.64 bits per heavy atom. The van der Waals surface area contributed by atoms with Gasteiger partial charge in [0, 0.05) is 50.6 Å². The molecule has 1 aliphatic rings. The van der Waals surface area contributed by atoms with E-state index in [0.29, 0.717) is 5.69 Å². The van der Waals surface area contributed by atoms with Crippen LogP contribution in [0.4, 0.5) is 14.5 Å². The maximum atomic E-state index is 13.8. The SMILES string of the molecule is Cc1nc(CCN2CCN(c3cc(F)ccc3F)CC2)cs1. The lowest BCUT2D eigenvalue weighted by molar-refractivity contribution is 0.259. The van der Waals surface area contributed by atoms with Gasteiger partial charge in [0.05, 0.1) is 16.4 Å². The number of hydrogen-bond acceptors (Lipinski definition) is 4. The van der Waals surface area contributed by atoms with Gasteiger partial charge in [-0.25, -0.2) is 13.8 Å². The van der Waals surface area contributed by atoms with Gasteiger partial charge in [-0.3, -0.25) is 4.90 Å². The first-order chi connectivity index (χ1) is 10.6. The number of aryl methyl sites for hydroxylation is 1. The smallest absolute Gasteiger partial charge is 0.146 e. The minimum atomic E-state index is -0.391. The molecule has 6 heteroatoms. The summed E-state index contributed by atoms with van der Waals surface area (Å²) in [4.78, 5) is 8.74. The van der Waals surface area contributed by atoms with Crippen LogP contribution in [-0.2, 0) is 6.42 Å². The van der Waals surface area contributed by atoms with Gasteiger partial charge in [0.25, 0.3) is 0 Å². The van der Waals surface area contributed by atoms with Gasteiger partial charge in [0.1, 0.15) is 11.6 Å². The Bertz CT molecular complexity index is 636. The van der Waals surface area contributed by atoms with E-state index in [-0.39, 0.29) is 5.82 Å².